The molecule has 2 aromatic carbocycles. The number of aromatic nitrogens is 2. The van der Waals surface area contributed by atoms with Crippen molar-refractivity contribution in [1.29, 1.82) is 0 Å². The molecule has 3 aromatic rings. The van der Waals surface area contributed by atoms with Crippen LogP contribution in [0, 0.1) is 0 Å². The fraction of sp³-hybridized carbons (Fsp3) is 0.320. The van der Waals surface area contributed by atoms with Crippen LogP contribution >= 0.6 is 11.6 Å². The van der Waals surface area contributed by atoms with Crippen LogP contribution in [0.3, 0.4) is 0 Å². The number of hydrogen-bond donors (Lipinski definition) is 0. The molecule has 1 aliphatic rings. The van der Waals surface area contributed by atoms with Gasteiger partial charge in [0.05, 0.1) is 13.5 Å². The Morgan fingerprint density at radius 3 is 2.39 bits per heavy atom. The molecule has 0 atom stereocenters. The van der Waals surface area contributed by atoms with Gasteiger partial charge in [0.25, 0.3) is 0 Å². The van der Waals surface area contributed by atoms with E-state index in [0.29, 0.717) is 11.6 Å². The standard InChI is InChI=1S/C25H27ClN4O3/c1-32-24(31)16-20-5-8-23(33-18-19-3-6-22(26)7-4-19)21(15-20)17-29-11-13-30(14-12-29)25-27-9-2-10-28-25/h2-10,15H,11-14,16-18H2,1H3. The zero-order valence-corrected chi connectivity index (χ0v) is 19.4. The normalized spacial score (nSPS) is 14.2. The topological polar surface area (TPSA) is 67.8 Å². The van der Waals surface area contributed by atoms with Crippen molar-refractivity contribution in [3.63, 3.8) is 0 Å². The van der Waals surface area contributed by atoms with Gasteiger partial charge in [-0.2, -0.15) is 0 Å². The highest BCUT2D eigenvalue weighted by Crippen LogP contribution is 2.25. The third-order valence-corrected chi connectivity index (χ3v) is 5.86. The molecule has 2 heterocycles. The van der Waals surface area contributed by atoms with Crippen LogP contribution in [0.25, 0.3) is 0 Å². The van der Waals surface area contributed by atoms with Crippen molar-refractivity contribution in [1.82, 2.24) is 14.9 Å². The van der Waals surface area contributed by atoms with E-state index in [1.54, 1.807) is 12.4 Å². The number of methoxy groups -OCH3 is 1. The Morgan fingerprint density at radius 2 is 1.70 bits per heavy atom. The first-order chi connectivity index (χ1) is 16.1. The van der Waals surface area contributed by atoms with Crippen LogP contribution in [0.1, 0.15) is 16.7 Å². The molecule has 0 amide bonds. The third-order valence-electron chi connectivity index (χ3n) is 5.61. The first kappa shape index (κ1) is 23.0. The van der Waals surface area contributed by atoms with Gasteiger partial charge >= 0.3 is 5.97 Å². The quantitative estimate of drug-likeness (QED) is 0.468. The van der Waals surface area contributed by atoms with Crippen molar-refractivity contribution in [2.45, 2.75) is 19.6 Å². The Morgan fingerprint density at radius 1 is 1.00 bits per heavy atom. The molecule has 1 fully saturated rings. The summed E-state index contributed by atoms with van der Waals surface area (Å²) in [6.07, 6.45) is 3.78. The van der Waals surface area contributed by atoms with Crippen molar-refractivity contribution in [2.75, 3.05) is 38.2 Å². The van der Waals surface area contributed by atoms with Gasteiger partial charge in [0.1, 0.15) is 12.4 Å². The number of carbonyl (C=O) groups excluding carboxylic acids is 1. The molecule has 0 spiro atoms. The maximum Gasteiger partial charge on any atom is 0.309 e. The van der Waals surface area contributed by atoms with E-state index in [9.17, 15) is 4.79 Å². The van der Waals surface area contributed by atoms with Crippen molar-refractivity contribution in [2.24, 2.45) is 0 Å². The van der Waals surface area contributed by atoms with E-state index in [1.165, 1.54) is 7.11 Å². The highest BCUT2D eigenvalue weighted by atomic mass is 35.5. The molecule has 7 nitrogen and oxygen atoms in total. The number of nitrogens with zero attached hydrogens (tertiary/aromatic N) is 4. The minimum Gasteiger partial charge on any atom is -0.489 e. The molecular weight excluding hydrogens is 440 g/mol. The summed E-state index contributed by atoms with van der Waals surface area (Å²) in [6.45, 7) is 4.65. The molecule has 0 unspecified atom stereocenters. The first-order valence-corrected chi connectivity index (χ1v) is 11.3. The van der Waals surface area contributed by atoms with Crippen LogP contribution in [-0.2, 0) is 29.1 Å². The molecule has 8 heteroatoms. The minimum atomic E-state index is -0.257. The van der Waals surface area contributed by atoms with E-state index in [4.69, 9.17) is 21.1 Å². The molecule has 0 radical (unpaired) electrons. The fourth-order valence-electron chi connectivity index (χ4n) is 3.79. The van der Waals surface area contributed by atoms with Crippen LogP contribution in [0.5, 0.6) is 5.75 Å². The second-order valence-electron chi connectivity index (χ2n) is 7.92. The number of hydrogen-bond acceptors (Lipinski definition) is 7. The number of benzene rings is 2. The van der Waals surface area contributed by atoms with Crippen molar-refractivity contribution in [3.8, 4) is 5.75 Å². The van der Waals surface area contributed by atoms with Crippen molar-refractivity contribution >= 4 is 23.5 Å². The molecule has 4 rings (SSSR count). The minimum absolute atomic E-state index is 0.236. The van der Waals surface area contributed by atoms with E-state index in [1.807, 2.05) is 48.5 Å². The predicted molar refractivity (Wildman–Crippen MR) is 127 cm³/mol. The van der Waals surface area contributed by atoms with Crippen LogP contribution in [0.2, 0.25) is 5.02 Å². The lowest BCUT2D eigenvalue weighted by molar-refractivity contribution is -0.139. The molecule has 0 N–H and O–H groups in total. The summed E-state index contributed by atoms with van der Waals surface area (Å²) < 4.78 is 11.0. The zero-order valence-electron chi connectivity index (χ0n) is 18.6. The Kier molecular flexibility index (Phi) is 7.75. The van der Waals surface area contributed by atoms with Gasteiger partial charge in [-0.25, -0.2) is 9.97 Å². The Balaban J connectivity index is 1.45. The summed E-state index contributed by atoms with van der Waals surface area (Å²) in [5.41, 5.74) is 3.00. The van der Waals surface area contributed by atoms with Crippen LogP contribution in [0.15, 0.2) is 60.9 Å². The molecule has 33 heavy (non-hydrogen) atoms. The smallest absolute Gasteiger partial charge is 0.309 e. The second-order valence-corrected chi connectivity index (χ2v) is 8.36. The van der Waals surface area contributed by atoms with E-state index < -0.39 is 0 Å². The maximum absolute atomic E-state index is 11.8. The van der Waals surface area contributed by atoms with Gasteiger partial charge in [-0.1, -0.05) is 35.9 Å². The van der Waals surface area contributed by atoms with Gasteiger partial charge in [-0.05, 0) is 35.4 Å². The van der Waals surface area contributed by atoms with Crippen LogP contribution < -0.4 is 9.64 Å². The molecule has 1 saturated heterocycles. The molecule has 0 bridgehead atoms. The Hall–Kier alpha value is -3.16. The lowest BCUT2D eigenvalue weighted by atomic mass is 10.1. The van der Waals surface area contributed by atoms with Crippen molar-refractivity contribution < 1.29 is 14.3 Å². The Bertz CT molecular complexity index is 1060. The lowest BCUT2D eigenvalue weighted by Gasteiger charge is -2.35. The number of ether oxygens (including phenoxy) is 2. The fourth-order valence-corrected chi connectivity index (χ4v) is 3.92. The summed E-state index contributed by atoms with van der Waals surface area (Å²) in [7, 11) is 1.41. The average Bonchev–Trinajstić information content (AvgIpc) is 2.85. The maximum atomic E-state index is 11.8. The van der Waals surface area contributed by atoms with E-state index >= 15 is 0 Å². The van der Waals surface area contributed by atoms with Crippen LogP contribution in [0.4, 0.5) is 5.95 Å². The number of anilines is 1. The summed E-state index contributed by atoms with van der Waals surface area (Å²) >= 11 is 5.99. The number of piperazine rings is 1. The van der Waals surface area contributed by atoms with Gasteiger partial charge in [0.15, 0.2) is 0 Å². The van der Waals surface area contributed by atoms with Gasteiger partial charge in [-0.15, -0.1) is 0 Å². The van der Waals surface area contributed by atoms with Gasteiger partial charge in [-0.3, -0.25) is 9.69 Å². The molecule has 1 aliphatic heterocycles. The van der Waals surface area contributed by atoms with Crippen molar-refractivity contribution in [3.05, 3.63) is 82.6 Å². The summed E-state index contributed by atoms with van der Waals surface area (Å²) in [5.74, 6) is 1.32. The third kappa shape index (κ3) is 6.43. The number of halogens is 1. The van der Waals surface area contributed by atoms with Gasteiger partial charge in [0.2, 0.25) is 5.95 Å². The molecule has 0 saturated carbocycles. The molecular formula is C25H27ClN4O3. The number of esters is 1. The average molecular weight is 467 g/mol. The molecule has 1 aromatic heterocycles. The van der Waals surface area contributed by atoms with E-state index in [2.05, 4.69) is 19.8 Å². The van der Waals surface area contributed by atoms with E-state index in [-0.39, 0.29) is 12.4 Å². The zero-order chi connectivity index (χ0) is 23.0. The summed E-state index contributed by atoms with van der Waals surface area (Å²) in [5, 5.41) is 0.701. The predicted octanol–water partition coefficient (Wildman–Crippen LogP) is 3.75. The molecule has 0 aliphatic carbocycles. The highest BCUT2D eigenvalue weighted by Gasteiger charge is 2.20. The lowest BCUT2D eigenvalue weighted by Crippen LogP contribution is -2.46. The van der Waals surface area contributed by atoms with Gasteiger partial charge < -0.3 is 14.4 Å². The number of carbonyl (C=O) groups is 1. The van der Waals surface area contributed by atoms with Crippen LogP contribution in [-0.4, -0.2) is 54.1 Å². The summed E-state index contributed by atoms with van der Waals surface area (Å²) in [6, 6.07) is 15.4. The molecule has 172 valence electrons. The largest absolute Gasteiger partial charge is 0.489 e. The highest BCUT2D eigenvalue weighted by molar-refractivity contribution is 6.30. The van der Waals surface area contributed by atoms with Gasteiger partial charge in [0, 0.05) is 55.7 Å². The monoisotopic (exact) mass is 466 g/mol. The second kappa shape index (κ2) is 11.1. The number of rotatable bonds is 8. The summed E-state index contributed by atoms with van der Waals surface area (Å²) in [4.78, 5) is 25.1. The SMILES string of the molecule is COC(=O)Cc1ccc(OCc2ccc(Cl)cc2)c(CN2CCN(c3ncccn3)CC2)c1. The Labute approximate surface area is 198 Å². The van der Waals surface area contributed by atoms with E-state index in [0.717, 1.165) is 61.1 Å². The first-order valence-electron chi connectivity index (χ1n) is 10.9.